The molecule has 17 heavy (non-hydrogen) atoms. The Bertz CT molecular complexity index is 331. The Morgan fingerprint density at radius 1 is 1.24 bits per heavy atom. The zero-order valence-corrected chi connectivity index (χ0v) is 10.8. The first-order valence-electron chi connectivity index (χ1n) is 5.69. The molecule has 0 saturated heterocycles. The van der Waals surface area contributed by atoms with Gasteiger partial charge in [-0.3, -0.25) is 0 Å². The summed E-state index contributed by atoms with van der Waals surface area (Å²) in [5.41, 5.74) is 2.40. The molecule has 0 unspecified atom stereocenters. The van der Waals surface area contributed by atoms with Gasteiger partial charge >= 0.3 is 0 Å². The molecule has 0 aliphatic carbocycles. The molecule has 0 bridgehead atoms. The second kappa shape index (κ2) is 7.09. The monoisotopic (exact) mass is 235 g/mol. The molecule has 1 rings (SSSR count). The topological polar surface area (TPSA) is 21.7 Å². The minimum absolute atomic E-state index is 0.226. The zero-order chi connectivity index (χ0) is 12.7. The van der Waals surface area contributed by atoms with Gasteiger partial charge in [0.1, 0.15) is 0 Å². The number of hydrogen-bond acceptors (Lipinski definition) is 3. The summed E-state index contributed by atoms with van der Waals surface area (Å²) in [6.45, 7) is 7.31. The van der Waals surface area contributed by atoms with E-state index in [0.29, 0.717) is 6.54 Å². The number of rotatable bonds is 7. The molecule has 0 spiro atoms. The van der Waals surface area contributed by atoms with E-state index in [1.165, 1.54) is 5.56 Å². The lowest BCUT2D eigenvalue weighted by Crippen LogP contribution is -2.34. The van der Waals surface area contributed by atoms with Crippen LogP contribution in [0, 0.1) is 6.92 Å². The Labute approximate surface area is 104 Å². The summed E-state index contributed by atoms with van der Waals surface area (Å²) >= 11 is 0. The highest BCUT2D eigenvalue weighted by molar-refractivity contribution is 5.48. The Kier molecular flexibility index (Phi) is 5.73. The van der Waals surface area contributed by atoms with E-state index in [1.54, 1.807) is 14.2 Å². The quantitative estimate of drug-likeness (QED) is 0.535. The van der Waals surface area contributed by atoms with Crippen LogP contribution in [0.1, 0.15) is 5.56 Å². The molecule has 0 fully saturated rings. The van der Waals surface area contributed by atoms with Gasteiger partial charge < -0.3 is 14.4 Å². The fourth-order valence-electron chi connectivity index (χ4n) is 1.62. The minimum Gasteiger partial charge on any atom is -0.363 e. The number of ether oxygens (including phenoxy) is 2. The van der Waals surface area contributed by atoms with Crippen LogP contribution >= 0.6 is 0 Å². The summed E-state index contributed by atoms with van der Waals surface area (Å²) in [6, 6.07) is 8.39. The van der Waals surface area contributed by atoms with E-state index in [9.17, 15) is 0 Å². The van der Waals surface area contributed by atoms with Gasteiger partial charge in [-0.05, 0) is 19.1 Å². The molecule has 0 amide bonds. The molecule has 3 nitrogen and oxygen atoms in total. The molecule has 0 aliphatic heterocycles. The molecule has 0 radical (unpaired) electrons. The van der Waals surface area contributed by atoms with Crippen LogP contribution in [0.5, 0.6) is 0 Å². The number of aryl methyl sites for hydroxylation is 1. The third-order valence-corrected chi connectivity index (χ3v) is 2.64. The van der Waals surface area contributed by atoms with Crippen LogP contribution in [0.3, 0.4) is 0 Å². The van der Waals surface area contributed by atoms with E-state index in [1.807, 2.05) is 6.08 Å². The average Bonchev–Trinajstić information content (AvgIpc) is 2.35. The second-order valence-electron chi connectivity index (χ2n) is 3.93. The highest BCUT2D eigenvalue weighted by Gasteiger charge is 2.12. The summed E-state index contributed by atoms with van der Waals surface area (Å²) in [7, 11) is 3.30. The molecular weight excluding hydrogens is 214 g/mol. The Hall–Kier alpha value is -1.32. The predicted octanol–water partition coefficient (Wildman–Crippen LogP) is 2.61. The fraction of sp³-hybridized carbons (Fsp3) is 0.429. The third kappa shape index (κ3) is 4.21. The Morgan fingerprint density at radius 2 is 1.82 bits per heavy atom. The van der Waals surface area contributed by atoms with Crippen LogP contribution in [0.2, 0.25) is 0 Å². The standard InChI is InChI=1S/C14H21NO2/c1-5-10-15(11-14(16-3)17-4)13-8-6-12(2)7-9-13/h5-9,14H,1,10-11H2,2-4H3. The second-order valence-corrected chi connectivity index (χ2v) is 3.93. The first kappa shape index (κ1) is 13.7. The Balaban J connectivity index is 2.77. The van der Waals surface area contributed by atoms with Gasteiger partial charge in [-0.2, -0.15) is 0 Å². The Morgan fingerprint density at radius 3 is 2.29 bits per heavy atom. The molecule has 0 N–H and O–H groups in total. The third-order valence-electron chi connectivity index (χ3n) is 2.64. The van der Waals surface area contributed by atoms with E-state index in [2.05, 4.69) is 42.7 Å². The van der Waals surface area contributed by atoms with E-state index >= 15 is 0 Å². The van der Waals surface area contributed by atoms with Gasteiger partial charge in [-0.1, -0.05) is 23.8 Å². The lowest BCUT2D eigenvalue weighted by atomic mass is 10.2. The average molecular weight is 235 g/mol. The van der Waals surface area contributed by atoms with Crippen molar-refractivity contribution < 1.29 is 9.47 Å². The highest BCUT2D eigenvalue weighted by atomic mass is 16.7. The summed E-state index contributed by atoms with van der Waals surface area (Å²) < 4.78 is 10.4. The van der Waals surface area contributed by atoms with Gasteiger partial charge in [0.05, 0.1) is 6.54 Å². The van der Waals surface area contributed by atoms with E-state index in [-0.39, 0.29) is 6.29 Å². The summed E-state index contributed by atoms with van der Waals surface area (Å²) in [5, 5.41) is 0. The zero-order valence-electron chi connectivity index (χ0n) is 10.8. The smallest absolute Gasteiger partial charge is 0.174 e. The van der Waals surface area contributed by atoms with Crippen molar-refractivity contribution >= 4 is 5.69 Å². The highest BCUT2D eigenvalue weighted by Crippen LogP contribution is 2.16. The van der Waals surface area contributed by atoms with E-state index in [0.717, 1.165) is 12.2 Å². The number of benzene rings is 1. The normalized spacial score (nSPS) is 10.6. The molecule has 0 atom stereocenters. The van der Waals surface area contributed by atoms with Crippen molar-refractivity contribution in [2.45, 2.75) is 13.2 Å². The largest absolute Gasteiger partial charge is 0.363 e. The van der Waals surface area contributed by atoms with Crippen molar-refractivity contribution in [1.82, 2.24) is 0 Å². The van der Waals surface area contributed by atoms with Crippen LogP contribution in [0.4, 0.5) is 5.69 Å². The lowest BCUT2D eigenvalue weighted by molar-refractivity contribution is -0.0947. The fourth-order valence-corrected chi connectivity index (χ4v) is 1.62. The summed E-state index contributed by atoms with van der Waals surface area (Å²) in [4.78, 5) is 2.17. The van der Waals surface area contributed by atoms with Gasteiger partial charge in [0.15, 0.2) is 6.29 Å². The number of methoxy groups -OCH3 is 2. The molecule has 0 saturated carbocycles. The molecule has 94 valence electrons. The molecule has 1 aromatic rings. The van der Waals surface area contributed by atoms with Gasteiger partial charge in [-0.15, -0.1) is 6.58 Å². The van der Waals surface area contributed by atoms with Gasteiger partial charge in [0.25, 0.3) is 0 Å². The molecule has 0 heterocycles. The molecule has 3 heteroatoms. The van der Waals surface area contributed by atoms with Crippen LogP contribution in [-0.4, -0.2) is 33.6 Å². The van der Waals surface area contributed by atoms with Gasteiger partial charge in [0.2, 0.25) is 0 Å². The molecule has 1 aromatic carbocycles. The van der Waals surface area contributed by atoms with Crippen molar-refractivity contribution in [1.29, 1.82) is 0 Å². The molecule has 0 aliphatic rings. The minimum atomic E-state index is -0.226. The maximum absolute atomic E-state index is 5.22. The van der Waals surface area contributed by atoms with Gasteiger partial charge in [0, 0.05) is 26.5 Å². The van der Waals surface area contributed by atoms with Crippen molar-refractivity contribution in [3.05, 3.63) is 42.5 Å². The van der Waals surface area contributed by atoms with Crippen LogP contribution in [-0.2, 0) is 9.47 Å². The molecule has 0 aromatic heterocycles. The summed E-state index contributed by atoms with van der Waals surface area (Å²) in [5.74, 6) is 0. The van der Waals surface area contributed by atoms with Crippen molar-refractivity contribution in [3.63, 3.8) is 0 Å². The van der Waals surface area contributed by atoms with Crippen molar-refractivity contribution in [2.75, 3.05) is 32.2 Å². The van der Waals surface area contributed by atoms with Crippen molar-refractivity contribution in [2.24, 2.45) is 0 Å². The van der Waals surface area contributed by atoms with Gasteiger partial charge in [-0.25, -0.2) is 0 Å². The number of nitrogens with zero attached hydrogens (tertiary/aromatic N) is 1. The maximum Gasteiger partial charge on any atom is 0.174 e. The number of anilines is 1. The van der Waals surface area contributed by atoms with Crippen LogP contribution in [0.25, 0.3) is 0 Å². The first-order chi connectivity index (χ1) is 8.21. The SMILES string of the molecule is C=CCN(CC(OC)OC)c1ccc(C)cc1. The number of hydrogen-bond donors (Lipinski definition) is 0. The lowest BCUT2D eigenvalue weighted by Gasteiger charge is -2.27. The first-order valence-corrected chi connectivity index (χ1v) is 5.69. The van der Waals surface area contributed by atoms with Crippen LogP contribution in [0.15, 0.2) is 36.9 Å². The van der Waals surface area contributed by atoms with E-state index < -0.39 is 0 Å². The predicted molar refractivity (Wildman–Crippen MR) is 71.4 cm³/mol. The van der Waals surface area contributed by atoms with E-state index in [4.69, 9.17) is 9.47 Å². The van der Waals surface area contributed by atoms with Crippen molar-refractivity contribution in [3.8, 4) is 0 Å². The summed E-state index contributed by atoms with van der Waals surface area (Å²) in [6.07, 6.45) is 1.65. The maximum atomic E-state index is 5.22. The molecular formula is C14H21NO2. The van der Waals surface area contributed by atoms with Crippen LogP contribution < -0.4 is 4.90 Å².